The Hall–Kier alpha value is -1.02. The Kier molecular flexibility index (Phi) is 11.0. The van der Waals surface area contributed by atoms with Crippen LogP contribution < -0.4 is 15.4 Å². The van der Waals surface area contributed by atoms with Crippen LogP contribution in [0, 0.1) is 6.92 Å². The van der Waals surface area contributed by atoms with Crippen LogP contribution in [0.15, 0.2) is 29.3 Å². The first-order valence-corrected chi connectivity index (χ1v) is 9.50. The second kappa shape index (κ2) is 12.4. The molecule has 0 atom stereocenters. The van der Waals surface area contributed by atoms with E-state index in [4.69, 9.17) is 4.74 Å². The summed E-state index contributed by atoms with van der Waals surface area (Å²) in [6.07, 6.45) is 3.30. The molecule has 26 heavy (non-hydrogen) atoms. The predicted molar refractivity (Wildman–Crippen MR) is 121 cm³/mol. The molecule has 0 unspecified atom stereocenters. The van der Waals surface area contributed by atoms with E-state index in [0.717, 1.165) is 37.8 Å². The van der Waals surface area contributed by atoms with E-state index in [1.54, 1.807) is 0 Å². The second-order valence-electron chi connectivity index (χ2n) is 7.01. The number of rotatable bonds is 7. The third-order valence-corrected chi connectivity index (χ3v) is 4.79. The van der Waals surface area contributed by atoms with Gasteiger partial charge in [-0.1, -0.05) is 18.2 Å². The van der Waals surface area contributed by atoms with Crippen molar-refractivity contribution in [3.05, 3.63) is 29.8 Å². The Bertz CT molecular complexity index is 542. The van der Waals surface area contributed by atoms with Gasteiger partial charge >= 0.3 is 0 Å². The standard InChI is InChI=1S/C20H34N4O.HI/c1-16(2)24-13-10-18(11-14-24)23-20(21-4)22-12-7-15-25-19-9-6-5-8-17(19)3;/h5-6,8-9,16,18H,7,10-15H2,1-4H3,(H2,21,22,23);1H. The molecular weight excluding hydrogens is 439 g/mol. The van der Waals surface area contributed by atoms with E-state index in [1.165, 1.54) is 18.4 Å². The second-order valence-corrected chi connectivity index (χ2v) is 7.01. The summed E-state index contributed by atoms with van der Waals surface area (Å²) < 4.78 is 5.83. The van der Waals surface area contributed by atoms with Crippen molar-refractivity contribution >= 4 is 29.9 Å². The van der Waals surface area contributed by atoms with Gasteiger partial charge in [0.1, 0.15) is 5.75 Å². The van der Waals surface area contributed by atoms with Gasteiger partial charge in [0.2, 0.25) is 0 Å². The molecule has 5 nitrogen and oxygen atoms in total. The Labute approximate surface area is 176 Å². The third kappa shape index (κ3) is 7.70. The summed E-state index contributed by atoms with van der Waals surface area (Å²) >= 11 is 0. The van der Waals surface area contributed by atoms with Crippen LogP contribution in [-0.4, -0.2) is 56.2 Å². The van der Waals surface area contributed by atoms with Gasteiger partial charge in [-0.3, -0.25) is 4.99 Å². The molecule has 0 saturated carbocycles. The molecule has 1 aliphatic heterocycles. The highest BCUT2D eigenvalue weighted by Crippen LogP contribution is 2.16. The average Bonchev–Trinajstić information content (AvgIpc) is 2.62. The van der Waals surface area contributed by atoms with E-state index in [9.17, 15) is 0 Å². The SMILES string of the molecule is CN=C(NCCCOc1ccccc1C)NC1CCN(C(C)C)CC1.I. The number of aliphatic imine (C=N–C) groups is 1. The molecule has 1 saturated heterocycles. The molecule has 6 heteroatoms. The van der Waals surface area contributed by atoms with E-state index in [2.05, 4.69) is 47.4 Å². The first kappa shape index (κ1) is 23.0. The van der Waals surface area contributed by atoms with Crippen molar-refractivity contribution in [3.8, 4) is 5.75 Å². The van der Waals surface area contributed by atoms with Gasteiger partial charge in [-0.25, -0.2) is 0 Å². The van der Waals surface area contributed by atoms with E-state index >= 15 is 0 Å². The van der Waals surface area contributed by atoms with Crippen LogP contribution in [0.5, 0.6) is 5.75 Å². The van der Waals surface area contributed by atoms with Gasteiger partial charge in [0.25, 0.3) is 0 Å². The molecule has 2 N–H and O–H groups in total. The minimum Gasteiger partial charge on any atom is -0.493 e. The number of aryl methyl sites for hydroxylation is 1. The van der Waals surface area contributed by atoms with Crippen molar-refractivity contribution in [2.45, 2.75) is 52.1 Å². The number of piperidine rings is 1. The summed E-state index contributed by atoms with van der Waals surface area (Å²) in [5.41, 5.74) is 1.18. The number of benzene rings is 1. The lowest BCUT2D eigenvalue weighted by Gasteiger charge is -2.35. The molecule has 1 aromatic carbocycles. The normalized spacial score (nSPS) is 16.3. The highest BCUT2D eigenvalue weighted by molar-refractivity contribution is 14.0. The molecule has 0 aromatic heterocycles. The van der Waals surface area contributed by atoms with Crippen LogP contribution >= 0.6 is 24.0 Å². The maximum absolute atomic E-state index is 5.83. The first-order chi connectivity index (χ1) is 12.1. The zero-order valence-electron chi connectivity index (χ0n) is 16.6. The van der Waals surface area contributed by atoms with Gasteiger partial charge in [-0.05, 0) is 51.7 Å². The fraction of sp³-hybridized carbons (Fsp3) is 0.650. The quantitative estimate of drug-likeness (QED) is 0.275. The number of ether oxygens (including phenoxy) is 1. The number of guanidine groups is 1. The highest BCUT2D eigenvalue weighted by Gasteiger charge is 2.21. The van der Waals surface area contributed by atoms with E-state index < -0.39 is 0 Å². The minimum atomic E-state index is 0. The highest BCUT2D eigenvalue weighted by atomic mass is 127. The van der Waals surface area contributed by atoms with E-state index in [0.29, 0.717) is 18.7 Å². The lowest BCUT2D eigenvalue weighted by molar-refractivity contribution is 0.167. The van der Waals surface area contributed by atoms with Crippen LogP contribution in [0.3, 0.4) is 0 Å². The Morgan fingerprint density at radius 3 is 2.58 bits per heavy atom. The summed E-state index contributed by atoms with van der Waals surface area (Å²) in [6, 6.07) is 9.30. The van der Waals surface area contributed by atoms with Crippen LogP contribution in [0.1, 0.15) is 38.7 Å². The van der Waals surface area contributed by atoms with E-state index in [1.807, 2.05) is 25.2 Å². The minimum absolute atomic E-state index is 0. The van der Waals surface area contributed by atoms with Crippen LogP contribution in [0.4, 0.5) is 0 Å². The zero-order valence-corrected chi connectivity index (χ0v) is 19.0. The number of hydrogen-bond acceptors (Lipinski definition) is 3. The van der Waals surface area contributed by atoms with Gasteiger partial charge in [0.15, 0.2) is 5.96 Å². The molecule has 1 aromatic rings. The number of nitrogens with zero attached hydrogens (tertiary/aromatic N) is 2. The molecule has 1 heterocycles. The van der Waals surface area contributed by atoms with Crippen LogP contribution in [0.2, 0.25) is 0 Å². The monoisotopic (exact) mass is 474 g/mol. The zero-order chi connectivity index (χ0) is 18.1. The Morgan fingerprint density at radius 2 is 1.96 bits per heavy atom. The van der Waals surface area contributed by atoms with Crippen molar-refractivity contribution in [1.29, 1.82) is 0 Å². The maximum Gasteiger partial charge on any atom is 0.191 e. The molecule has 0 amide bonds. The molecule has 148 valence electrons. The lowest BCUT2D eigenvalue weighted by atomic mass is 10.0. The Morgan fingerprint density at radius 1 is 1.27 bits per heavy atom. The number of hydrogen-bond donors (Lipinski definition) is 2. The van der Waals surface area contributed by atoms with Crippen molar-refractivity contribution in [2.75, 3.05) is 33.3 Å². The molecule has 2 rings (SSSR count). The smallest absolute Gasteiger partial charge is 0.191 e. The van der Waals surface area contributed by atoms with Crippen LogP contribution in [-0.2, 0) is 0 Å². The first-order valence-electron chi connectivity index (χ1n) is 9.50. The summed E-state index contributed by atoms with van der Waals surface area (Å²) in [4.78, 5) is 6.89. The number of nitrogens with one attached hydrogen (secondary N) is 2. The fourth-order valence-corrected chi connectivity index (χ4v) is 3.13. The molecule has 1 aliphatic rings. The third-order valence-electron chi connectivity index (χ3n) is 4.79. The van der Waals surface area contributed by atoms with E-state index in [-0.39, 0.29) is 24.0 Å². The number of halogens is 1. The van der Waals surface area contributed by atoms with Gasteiger partial charge in [-0.15, -0.1) is 24.0 Å². The molecule has 0 radical (unpaired) electrons. The van der Waals surface area contributed by atoms with Crippen LogP contribution in [0.25, 0.3) is 0 Å². The predicted octanol–water partition coefficient (Wildman–Crippen LogP) is 3.42. The van der Waals surface area contributed by atoms with Crippen molar-refractivity contribution in [3.63, 3.8) is 0 Å². The van der Waals surface area contributed by atoms with Gasteiger partial charge < -0.3 is 20.3 Å². The molecule has 0 bridgehead atoms. The van der Waals surface area contributed by atoms with Crippen molar-refractivity contribution < 1.29 is 4.74 Å². The molecule has 1 fully saturated rings. The number of likely N-dealkylation sites (tertiary alicyclic amines) is 1. The molecule has 0 spiro atoms. The Balaban J connectivity index is 0.00000338. The molecular formula is C20H35IN4O. The van der Waals surface area contributed by atoms with Gasteiger partial charge in [0.05, 0.1) is 6.61 Å². The van der Waals surface area contributed by atoms with Crippen molar-refractivity contribution in [1.82, 2.24) is 15.5 Å². The maximum atomic E-state index is 5.83. The topological polar surface area (TPSA) is 48.9 Å². The summed E-state index contributed by atoms with van der Waals surface area (Å²) in [5, 5.41) is 6.95. The fourth-order valence-electron chi connectivity index (χ4n) is 3.13. The van der Waals surface area contributed by atoms with Gasteiger partial charge in [-0.2, -0.15) is 0 Å². The summed E-state index contributed by atoms with van der Waals surface area (Å²) in [7, 11) is 1.84. The van der Waals surface area contributed by atoms with Gasteiger partial charge in [0, 0.05) is 38.8 Å². The van der Waals surface area contributed by atoms with Crippen molar-refractivity contribution in [2.24, 2.45) is 4.99 Å². The average molecular weight is 474 g/mol. The lowest BCUT2D eigenvalue weighted by Crippen LogP contribution is -2.50. The molecule has 0 aliphatic carbocycles. The summed E-state index contributed by atoms with van der Waals surface area (Å²) in [5.74, 6) is 1.88. The number of para-hydroxylation sites is 1. The largest absolute Gasteiger partial charge is 0.493 e. The summed E-state index contributed by atoms with van der Waals surface area (Å²) in [6.45, 7) is 10.5.